The molecule has 10 heavy (non-hydrogen) atoms. The van der Waals surface area contributed by atoms with Gasteiger partial charge in [0.1, 0.15) is 0 Å². The van der Waals surface area contributed by atoms with Crippen LogP contribution in [0.2, 0.25) is 0 Å². The molecule has 0 aromatic rings. The van der Waals surface area contributed by atoms with Crippen molar-refractivity contribution < 1.29 is 0 Å². The molecule has 0 aromatic heterocycles. The summed E-state index contributed by atoms with van der Waals surface area (Å²) in [5, 5.41) is 0. The summed E-state index contributed by atoms with van der Waals surface area (Å²) in [6, 6.07) is 0. The predicted octanol–water partition coefficient (Wildman–Crippen LogP) is 0.146. The van der Waals surface area contributed by atoms with E-state index in [1.165, 1.54) is 0 Å². The molecular weight excluding hydrogens is 254 g/mol. The van der Waals surface area contributed by atoms with E-state index in [1.807, 2.05) is 0 Å². The van der Waals surface area contributed by atoms with Gasteiger partial charge in [0.15, 0.2) is 0 Å². The zero-order valence-corrected chi connectivity index (χ0v) is 9.66. The van der Waals surface area contributed by atoms with Crippen molar-refractivity contribution in [3.8, 4) is 0 Å². The average Bonchev–Trinajstić information content (AvgIpc) is 2.59. The van der Waals surface area contributed by atoms with Gasteiger partial charge in [0.25, 0.3) is 0 Å². The van der Waals surface area contributed by atoms with Crippen molar-refractivity contribution >= 4 is 29.9 Å². The van der Waals surface area contributed by atoms with E-state index in [4.69, 9.17) is 0 Å². The van der Waals surface area contributed by atoms with Gasteiger partial charge in [0, 0.05) is 0 Å². The summed E-state index contributed by atoms with van der Waals surface area (Å²) >= 11 is 0.289. The van der Waals surface area contributed by atoms with Gasteiger partial charge >= 0.3 is 73.1 Å². The number of hydrogen-bond acceptors (Lipinski definition) is 0. The van der Waals surface area contributed by atoms with Gasteiger partial charge in [0.2, 0.25) is 0 Å². The monoisotopic (exact) mass is 266 g/mol. The minimum atomic E-state index is 0.145. The topological polar surface area (TPSA) is 0 Å². The SMILES string of the molecule is C1=C[SeH2]C(C2=CC=C[SeH2]2)=C1. The van der Waals surface area contributed by atoms with Crippen LogP contribution in [0.4, 0.5) is 0 Å². The van der Waals surface area contributed by atoms with E-state index in [-0.39, 0.29) is 29.9 Å². The van der Waals surface area contributed by atoms with Crippen molar-refractivity contribution in [1.82, 2.24) is 0 Å². The van der Waals surface area contributed by atoms with Gasteiger partial charge in [-0.1, -0.05) is 0 Å². The molecule has 0 N–H and O–H groups in total. The van der Waals surface area contributed by atoms with Crippen LogP contribution < -0.4 is 0 Å². The molecule has 0 nitrogen and oxygen atoms in total. The van der Waals surface area contributed by atoms with E-state index in [9.17, 15) is 0 Å². The minimum absolute atomic E-state index is 0.145. The Bertz CT molecular complexity index is 228. The summed E-state index contributed by atoms with van der Waals surface area (Å²) in [6.07, 6.45) is 9.01. The summed E-state index contributed by atoms with van der Waals surface area (Å²) in [7, 11) is 0. The fraction of sp³-hybridized carbons (Fsp3) is 0. The molecule has 2 aliphatic heterocycles. The van der Waals surface area contributed by atoms with Gasteiger partial charge in [-0.25, -0.2) is 0 Å². The number of allylic oxidation sites excluding steroid dienone is 6. The molecule has 0 saturated heterocycles. The van der Waals surface area contributed by atoms with Crippen molar-refractivity contribution in [3.63, 3.8) is 0 Å². The first-order valence-electron chi connectivity index (χ1n) is 3.24. The first-order valence-corrected chi connectivity index (χ1v) is 7.76. The maximum absolute atomic E-state index is 2.35. The molecule has 2 heteroatoms. The second-order valence-corrected chi connectivity index (χ2v) is 7.04. The Hall–Kier alpha value is -0.00104. The summed E-state index contributed by atoms with van der Waals surface area (Å²) in [4.78, 5) is 4.70. The molecular formula is C8H10Se2. The van der Waals surface area contributed by atoms with E-state index < -0.39 is 0 Å². The summed E-state index contributed by atoms with van der Waals surface area (Å²) < 4.78 is 3.34. The zero-order chi connectivity index (χ0) is 6.81. The molecule has 0 saturated carbocycles. The fourth-order valence-corrected chi connectivity index (χ4v) is 5.94. The maximum atomic E-state index is 2.35. The van der Waals surface area contributed by atoms with Gasteiger partial charge in [-0.3, -0.25) is 0 Å². The Labute approximate surface area is 73.1 Å². The molecule has 2 rings (SSSR count). The van der Waals surface area contributed by atoms with Crippen molar-refractivity contribution in [2.75, 3.05) is 0 Å². The van der Waals surface area contributed by atoms with E-state index in [1.54, 1.807) is 8.94 Å². The van der Waals surface area contributed by atoms with Gasteiger partial charge < -0.3 is 0 Å². The normalized spacial score (nSPS) is 29.6. The molecule has 0 unspecified atom stereocenters. The Kier molecular flexibility index (Phi) is 1.97. The Morgan fingerprint density at radius 1 is 0.800 bits per heavy atom. The summed E-state index contributed by atoms with van der Waals surface area (Å²) in [5.41, 5.74) is 0. The van der Waals surface area contributed by atoms with E-state index in [2.05, 4.69) is 34.3 Å². The first-order chi connectivity index (χ1) is 4.97. The zero-order valence-electron chi connectivity index (χ0n) is 5.46. The van der Waals surface area contributed by atoms with E-state index in [0.29, 0.717) is 0 Å². The molecule has 2 aliphatic rings. The molecule has 54 valence electrons. The molecule has 0 atom stereocenters. The van der Waals surface area contributed by atoms with E-state index >= 15 is 0 Å². The molecule has 0 spiro atoms. The van der Waals surface area contributed by atoms with Crippen LogP contribution in [0.25, 0.3) is 0 Å². The third-order valence-electron chi connectivity index (χ3n) is 1.49. The van der Waals surface area contributed by atoms with Crippen molar-refractivity contribution in [1.29, 1.82) is 0 Å². The molecule has 0 amide bonds. The van der Waals surface area contributed by atoms with Crippen LogP contribution in [0.5, 0.6) is 0 Å². The van der Waals surface area contributed by atoms with Gasteiger partial charge in [-0.05, 0) is 0 Å². The van der Waals surface area contributed by atoms with Crippen LogP contribution in [0.15, 0.2) is 43.2 Å². The predicted molar refractivity (Wildman–Crippen MR) is 51.5 cm³/mol. The van der Waals surface area contributed by atoms with Crippen molar-refractivity contribution in [3.05, 3.63) is 43.2 Å². The average molecular weight is 264 g/mol. The van der Waals surface area contributed by atoms with Crippen LogP contribution in [0.1, 0.15) is 0 Å². The second kappa shape index (κ2) is 2.94. The van der Waals surface area contributed by atoms with E-state index in [0.717, 1.165) is 0 Å². The van der Waals surface area contributed by atoms with Crippen molar-refractivity contribution in [2.24, 2.45) is 0 Å². The summed E-state index contributed by atoms with van der Waals surface area (Å²) in [5.74, 6) is 0. The molecule has 0 bridgehead atoms. The standard InChI is InChI=1S/C8H10Se2/c1-3-7(9-5-1)8-4-2-6-10-8/h1-6H,9-10H2. The van der Waals surface area contributed by atoms with Gasteiger partial charge in [0.05, 0.1) is 0 Å². The third-order valence-corrected chi connectivity index (χ3v) is 7.23. The molecule has 0 aromatic carbocycles. The number of hydrogen-bond donors (Lipinski definition) is 0. The first kappa shape index (κ1) is 6.69. The van der Waals surface area contributed by atoms with Crippen LogP contribution in [-0.4, -0.2) is 29.9 Å². The fourth-order valence-electron chi connectivity index (χ4n) is 0.996. The van der Waals surface area contributed by atoms with Crippen LogP contribution in [-0.2, 0) is 0 Å². The Morgan fingerprint density at radius 3 is 1.60 bits per heavy atom. The molecule has 2 heterocycles. The second-order valence-electron chi connectivity index (χ2n) is 2.17. The van der Waals surface area contributed by atoms with Crippen LogP contribution >= 0.6 is 0 Å². The quantitative estimate of drug-likeness (QED) is 0.591. The van der Waals surface area contributed by atoms with Crippen LogP contribution in [0, 0.1) is 0 Å². The Balaban J connectivity index is 2.15. The molecule has 0 radical (unpaired) electrons. The van der Waals surface area contributed by atoms with Crippen molar-refractivity contribution in [2.45, 2.75) is 0 Å². The molecule has 0 fully saturated rings. The number of rotatable bonds is 1. The molecule has 0 aliphatic carbocycles. The Morgan fingerprint density at radius 2 is 1.30 bits per heavy atom. The van der Waals surface area contributed by atoms with Gasteiger partial charge in [-0.2, -0.15) is 0 Å². The van der Waals surface area contributed by atoms with Crippen LogP contribution in [0.3, 0.4) is 0 Å². The van der Waals surface area contributed by atoms with Gasteiger partial charge in [-0.15, -0.1) is 0 Å². The third kappa shape index (κ3) is 1.21. The summed E-state index contributed by atoms with van der Waals surface area (Å²) in [6.45, 7) is 0.